The number of rotatable bonds is 5. The van der Waals surface area contributed by atoms with Crippen molar-refractivity contribution in [2.75, 3.05) is 6.61 Å². The lowest BCUT2D eigenvalue weighted by atomic mass is 10.0. The molecule has 3 heterocycles. The Kier molecular flexibility index (Phi) is 3.99. The van der Waals surface area contributed by atoms with Crippen molar-refractivity contribution in [2.24, 2.45) is 13.0 Å². The number of aromatic nitrogens is 2. The van der Waals surface area contributed by atoms with E-state index in [1.54, 1.807) is 0 Å². The molecule has 2 aromatic heterocycles. The van der Waals surface area contributed by atoms with Crippen molar-refractivity contribution >= 4 is 0 Å². The first-order valence-electron chi connectivity index (χ1n) is 8.60. The Bertz CT molecular complexity index is 663. The molecule has 5 nitrogen and oxygen atoms in total. The van der Waals surface area contributed by atoms with E-state index in [0.717, 1.165) is 49.1 Å². The van der Waals surface area contributed by atoms with Gasteiger partial charge >= 0.3 is 0 Å². The minimum atomic E-state index is 0.133. The van der Waals surface area contributed by atoms with Crippen molar-refractivity contribution in [3.8, 4) is 0 Å². The van der Waals surface area contributed by atoms with E-state index < -0.39 is 0 Å². The zero-order valence-corrected chi connectivity index (χ0v) is 13.9. The standard InChI is InChI=1S/C18H25N3O2/c1-12-7-15(12)17-4-3-14(23-17)9-20-13-5-6-22-18(8-13)16-10-19-11-21(16)2/h3-4,10-13,15,18,20H,5-9H2,1-2H3. The summed E-state index contributed by atoms with van der Waals surface area (Å²) >= 11 is 0. The lowest BCUT2D eigenvalue weighted by Crippen LogP contribution is -2.36. The highest BCUT2D eigenvalue weighted by Crippen LogP contribution is 2.47. The minimum absolute atomic E-state index is 0.133. The third kappa shape index (κ3) is 3.21. The average Bonchev–Trinajstić information content (AvgIpc) is 2.96. The van der Waals surface area contributed by atoms with E-state index in [2.05, 4.69) is 29.4 Å². The van der Waals surface area contributed by atoms with Crippen molar-refractivity contribution < 1.29 is 9.15 Å². The molecule has 0 aromatic carbocycles. The first-order valence-corrected chi connectivity index (χ1v) is 8.60. The molecule has 4 atom stereocenters. The van der Waals surface area contributed by atoms with Gasteiger partial charge in [-0.25, -0.2) is 4.98 Å². The molecule has 124 valence electrons. The van der Waals surface area contributed by atoms with Crippen LogP contribution < -0.4 is 5.32 Å². The van der Waals surface area contributed by atoms with Crippen LogP contribution in [0.1, 0.15) is 55.4 Å². The third-order valence-electron chi connectivity index (χ3n) is 5.19. The van der Waals surface area contributed by atoms with Crippen molar-refractivity contribution in [3.05, 3.63) is 41.9 Å². The number of nitrogens with zero attached hydrogens (tertiary/aromatic N) is 2. The van der Waals surface area contributed by atoms with Gasteiger partial charge in [0.1, 0.15) is 17.6 Å². The first-order chi connectivity index (χ1) is 11.2. The van der Waals surface area contributed by atoms with Gasteiger partial charge in [-0.1, -0.05) is 6.92 Å². The molecule has 2 fully saturated rings. The zero-order chi connectivity index (χ0) is 15.8. The molecule has 1 aliphatic heterocycles. The summed E-state index contributed by atoms with van der Waals surface area (Å²) in [6.45, 7) is 3.87. The van der Waals surface area contributed by atoms with Crippen LogP contribution in [0.2, 0.25) is 0 Å². The molecule has 0 spiro atoms. The van der Waals surface area contributed by atoms with Gasteiger partial charge < -0.3 is 19.0 Å². The van der Waals surface area contributed by atoms with Gasteiger partial charge in [-0.05, 0) is 37.3 Å². The highest BCUT2D eigenvalue weighted by molar-refractivity contribution is 5.17. The Morgan fingerprint density at radius 2 is 2.22 bits per heavy atom. The quantitative estimate of drug-likeness (QED) is 0.921. The summed E-state index contributed by atoms with van der Waals surface area (Å²) in [5, 5.41) is 3.63. The van der Waals surface area contributed by atoms with E-state index in [1.807, 2.05) is 24.1 Å². The SMILES string of the molecule is CC1CC1c1ccc(CNC2CCOC(c3cncn3C)C2)o1. The van der Waals surface area contributed by atoms with E-state index in [-0.39, 0.29) is 6.10 Å². The number of imidazole rings is 1. The van der Waals surface area contributed by atoms with Crippen LogP contribution in [0.3, 0.4) is 0 Å². The van der Waals surface area contributed by atoms with Crippen LogP contribution in [0.5, 0.6) is 0 Å². The Hall–Kier alpha value is -1.59. The van der Waals surface area contributed by atoms with Crippen molar-refractivity contribution in [3.63, 3.8) is 0 Å². The molecular formula is C18H25N3O2. The van der Waals surface area contributed by atoms with Gasteiger partial charge in [-0.2, -0.15) is 0 Å². The monoisotopic (exact) mass is 315 g/mol. The number of aryl methyl sites for hydroxylation is 1. The topological polar surface area (TPSA) is 52.2 Å². The van der Waals surface area contributed by atoms with E-state index in [0.29, 0.717) is 12.0 Å². The van der Waals surface area contributed by atoms with E-state index in [4.69, 9.17) is 9.15 Å². The second-order valence-corrected chi connectivity index (χ2v) is 7.01. The summed E-state index contributed by atoms with van der Waals surface area (Å²) in [6.07, 6.45) is 7.16. The second-order valence-electron chi connectivity index (χ2n) is 7.01. The van der Waals surface area contributed by atoms with Crippen LogP contribution in [-0.4, -0.2) is 22.2 Å². The number of hydrogen-bond acceptors (Lipinski definition) is 4. The molecule has 23 heavy (non-hydrogen) atoms. The molecule has 0 amide bonds. The van der Waals surface area contributed by atoms with Crippen molar-refractivity contribution in [1.29, 1.82) is 0 Å². The van der Waals surface area contributed by atoms with Crippen LogP contribution >= 0.6 is 0 Å². The summed E-state index contributed by atoms with van der Waals surface area (Å²) < 4.78 is 13.9. The smallest absolute Gasteiger partial charge is 0.117 e. The molecule has 1 N–H and O–H groups in total. The molecule has 4 unspecified atom stereocenters. The summed E-state index contributed by atoms with van der Waals surface area (Å²) in [6, 6.07) is 4.72. The lowest BCUT2D eigenvalue weighted by Gasteiger charge is -2.30. The maximum absolute atomic E-state index is 5.98. The van der Waals surface area contributed by atoms with Crippen molar-refractivity contribution in [2.45, 2.75) is 50.8 Å². The summed E-state index contributed by atoms with van der Waals surface area (Å²) in [5.74, 6) is 3.65. The molecule has 1 saturated heterocycles. The predicted octanol–water partition coefficient (Wildman–Crippen LogP) is 3.15. The second kappa shape index (κ2) is 6.13. The number of ether oxygens (including phenoxy) is 1. The number of hydrogen-bond donors (Lipinski definition) is 1. The molecule has 0 bridgehead atoms. The zero-order valence-electron chi connectivity index (χ0n) is 13.9. The van der Waals surface area contributed by atoms with Gasteiger partial charge in [-0.15, -0.1) is 0 Å². The normalized spacial score (nSPS) is 30.5. The van der Waals surface area contributed by atoms with Crippen LogP contribution in [0, 0.1) is 5.92 Å². The fourth-order valence-corrected chi connectivity index (χ4v) is 3.52. The van der Waals surface area contributed by atoms with E-state index in [9.17, 15) is 0 Å². The lowest BCUT2D eigenvalue weighted by molar-refractivity contribution is -0.00431. The number of nitrogens with one attached hydrogen (secondary N) is 1. The Morgan fingerprint density at radius 3 is 2.96 bits per heavy atom. The van der Waals surface area contributed by atoms with Crippen LogP contribution in [0.15, 0.2) is 29.1 Å². The van der Waals surface area contributed by atoms with Crippen LogP contribution in [-0.2, 0) is 18.3 Å². The highest BCUT2D eigenvalue weighted by Gasteiger charge is 2.36. The largest absolute Gasteiger partial charge is 0.464 e. The van der Waals surface area contributed by atoms with Gasteiger partial charge in [0, 0.05) is 25.6 Å². The van der Waals surface area contributed by atoms with Gasteiger partial charge in [0.25, 0.3) is 0 Å². The molecule has 2 aromatic rings. The summed E-state index contributed by atoms with van der Waals surface area (Å²) in [7, 11) is 2.02. The summed E-state index contributed by atoms with van der Waals surface area (Å²) in [4.78, 5) is 4.19. The maximum atomic E-state index is 5.98. The van der Waals surface area contributed by atoms with E-state index >= 15 is 0 Å². The molecule has 4 rings (SSSR count). The first kappa shape index (κ1) is 15.0. The summed E-state index contributed by atoms with van der Waals surface area (Å²) in [5.41, 5.74) is 1.15. The Morgan fingerprint density at radius 1 is 1.35 bits per heavy atom. The third-order valence-corrected chi connectivity index (χ3v) is 5.19. The maximum Gasteiger partial charge on any atom is 0.117 e. The van der Waals surface area contributed by atoms with Gasteiger partial charge in [0.2, 0.25) is 0 Å². The van der Waals surface area contributed by atoms with Crippen molar-refractivity contribution in [1.82, 2.24) is 14.9 Å². The van der Waals surface area contributed by atoms with Gasteiger partial charge in [0.15, 0.2) is 0 Å². The molecule has 2 aliphatic rings. The Balaban J connectivity index is 1.32. The average molecular weight is 315 g/mol. The predicted molar refractivity (Wildman–Crippen MR) is 87.0 cm³/mol. The molecule has 5 heteroatoms. The molecule has 1 saturated carbocycles. The van der Waals surface area contributed by atoms with Crippen LogP contribution in [0.25, 0.3) is 0 Å². The molecule has 1 aliphatic carbocycles. The molecule has 0 radical (unpaired) electrons. The number of furan rings is 1. The van der Waals surface area contributed by atoms with Crippen LogP contribution in [0.4, 0.5) is 0 Å². The molecular weight excluding hydrogens is 290 g/mol. The van der Waals surface area contributed by atoms with E-state index in [1.165, 1.54) is 6.42 Å². The fraction of sp³-hybridized carbons (Fsp3) is 0.611. The van der Waals surface area contributed by atoms with Gasteiger partial charge in [0.05, 0.1) is 24.8 Å². The Labute approximate surface area is 137 Å². The minimum Gasteiger partial charge on any atom is -0.464 e. The highest BCUT2D eigenvalue weighted by atomic mass is 16.5. The fourth-order valence-electron chi connectivity index (χ4n) is 3.52. The van der Waals surface area contributed by atoms with Gasteiger partial charge in [-0.3, -0.25) is 0 Å².